The third-order valence-corrected chi connectivity index (χ3v) is 3.39. The van der Waals surface area contributed by atoms with Crippen molar-refractivity contribution in [2.75, 3.05) is 20.3 Å². The molecule has 0 aliphatic carbocycles. The lowest BCUT2D eigenvalue weighted by molar-refractivity contribution is -0.204. The van der Waals surface area contributed by atoms with Crippen LogP contribution in [0, 0.1) is 0 Å². The fraction of sp³-hybridized carbons (Fsp3) is 0.846. The molecule has 2 N–H and O–H groups in total. The number of carbonyl (C=O) groups is 2. The Bertz CT molecular complexity index is 325. The van der Waals surface area contributed by atoms with Crippen molar-refractivity contribution in [3.8, 4) is 0 Å². The van der Waals surface area contributed by atoms with E-state index in [-0.39, 0.29) is 13.0 Å². The summed E-state index contributed by atoms with van der Waals surface area (Å²) in [5, 5.41) is 2.73. The Morgan fingerprint density at radius 2 is 2.10 bits per heavy atom. The molecule has 0 aromatic carbocycles. The summed E-state index contributed by atoms with van der Waals surface area (Å²) in [6.45, 7) is 4.24. The average Bonchev–Trinajstić information content (AvgIpc) is 2.48. The number of hydrogen-bond acceptors (Lipinski definition) is 6. The minimum absolute atomic E-state index is 0.210. The predicted molar refractivity (Wildman–Crippen MR) is 71.5 cm³/mol. The molecule has 1 aliphatic rings. The molecule has 0 bridgehead atoms. The van der Waals surface area contributed by atoms with Crippen molar-refractivity contribution in [1.82, 2.24) is 10.8 Å². The molecule has 0 aromatic heterocycles. The number of ether oxygens (including phenoxy) is 2. The lowest BCUT2D eigenvalue weighted by Crippen LogP contribution is -2.61. The van der Waals surface area contributed by atoms with Crippen LogP contribution in [0.4, 0.5) is 0 Å². The average molecular weight is 288 g/mol. The van der Waals surface area contributed by atoms with Crippen LogP contribution in [0.15, 0.2) is 0 Å². The summed E-state index contributed by atoms with van der Waals surface area (Å²) in [6, 6.07) is 0. The van der Waals surface area contributed by atoms with E-state index in [9.17, 15) is 9.59 Å². The number of esters is 1. The topological polar surface area (TPSA) is 85.9 Å². The fourth-order valence-corrected chi connectivity index (χ4v) is 2.05. The van der Waals surface area contributed by atoms with Gasteiger partial charge in [-0.05, 0) is 33.2 Å². The summed E-state index contributed by atoms with van der Waals surface area (Å²) in [5.41, 5.74) is 0.867. The Labute approximate surface area is 119 Å². The highest BCUT2D eigenvalue weighted by Gasteiger charge is 2.45. The summed E-state index contributed by atoms with van der Waals surface area (Å²) >= 11 is 0. The Hall–Kier alpha value is -1.18. The zero-order valence-corrected chi connectivity index (χ0v) is 12.4. The molecule has 20 heavy (non-hydrogen) atoms. The van der Waals surface area contributed by atoms with Gasteiger partial charge in [0.05, 0.1) is 6.61 Å². The lowest BCUT2D eigenvalue weighted by Gasteiger charge is -2.29. The zero-order chi connectivity index (χ0) is 15.0. The number of hydrogen-bond donors (Lipinski definition) is 2. The van der Waals surface area contributed by atoms with Crippen molar-refractivity contribution in [2.45, 2.75) is 51.4 Å². The molecule has 0 spiro atoms. The van der Waals surface area contributed by atoms with E-state index >= 15 is 0 Å². The molecule has 1 saturated heterocycles. The van der Waals surface area contributed by atoms with Crippen LogP contribution in [0.1, 0.15) is 39.5 Å². The molecule has 1 rings (SSSR count). The summed E-state index contributed by atoms with van der Waals surface area (Å²) in [6.07, 6.45) is 2.50. The van der Waals surface area contributed by atoms with Crippen LogP contribution in [0.5, 0.6) is 0 Å². The SMILES string of the molecule is CCOC(=O)[C@](CC)(NC)C(=O)NOC1CCCCO1. The number of rotatable bonds is 7. The zero-order valence-electron chi connectivity index (χ0n) is 12.4. The van der Waals surface area contributed by atoms with Crippen LogP contribution >= 0.6 is 0 Å². The van der Waals surface area contributed by atoms with Gasteiger partial charge in [-0.25, -0.2) is 15.1 Å². The first-order valence-corrected chi connectivity index (χ1v) is 7.04. The second-order valence-electron chi connectivity index (χ2n) is 4.57. The van der Waals surface area contributed by atoms with Crippen molar-refractivity contribution < 1.29 is 23.9 Å². The highest BCUT2D eigenvalue weighted by molar-refractivity contribution is 6.07. The van der Waals surface area contributed by atoms with E-state index < -0.39 is 23.7 Å². The first-order valence-electron chi connectivity index (χ1n) is 7.04. The lowest BCUT2D eigenvalue weighted by atomic mass is 9.95. The summed E-state index contributed by atoms with van der Waals surface area (Å²) in [7, 11) is 1.54. The van der Waals surface area contributed by atoms with Crippen molar-refractivity contribution in [3.05, 3.63) is 0 Å². The molecule has 7 heteroatoms. The minimum atomic E-state index is -1.44. The van der Waals surface area contributed by atoms with Gasteiger partial charge < -0.3 is 9.47 Å². The monoisotopic (exact) mass is 288 g/mol. The van der Waals surface area contributed by atoms with Crippen molar-refractivity contribution in [3.63, 3.8) is 0 Å². The maximum atomic E-state index is 12.2. The van der Waals surface area contributed by atoms with E-state index in [0.717, 1.165) is 19.3 Å². The second kappa shape index (κ2) is 8.18. The van der Waals surface area contributed by atoms with Crippen LogP contribution in [0.2, 0.25) is 0 Å². The van der Waals surface area contributed by atoms with Crippen LogP contribution < -0.4 is 10.8 Å². The molecule has 0 radical (unpaired) electrons. The van der Waals surface area contributed by atoms with Crippen LogP contribution in [-0.2, 0) is 23.9 Å². The van der Waals surface area contributed by atoms with E-state index in [2.05, 4.69) is 10.8 Å². The van der Waals surface area contributed by atoms with Crippen molar-refractivity contribution in [1.29, 1.82) is 0 Å². The molecular weight excluding hydrogens is 264 g/mol. The second-order valence-corrected chi connectivity index (χ2v) is 4.57. The van der Waals surface area contributed by atoms with E-state index in [4.69, 9.17) is 14.3 Å². The molecule has 1 aliphatic heterocycles. The van der Waals surface area contributed by atoms with E-state index in [1.165, 1.54) is 7.05 Å². The molecule has 7 nitrogen and oxygen atoms in total. The Balaban J connectivity index is 2.61. The van der Waals surface area contributed by atoms with E-state index in [1.54, 1.807) is 13.8 Å². The first kappa shape index (κ1) is 16.9. The molecule has 1 heterocycles. The quantitative estimate of drug-likeness (QED) is 0.403. The first-order chi connectivity index (χ1) is 9.60. The standard InChI is InChI=1S/C13H24N2O5/c1-4-13(14-3,12(17)18-5-2)11(16)15-20-10-8-6-7-9-19-10/h10,14H,4-9H2,1-3H3,(H,15,16)/t10?,13-/m1/s1. The van der Waals surface area contributed by atoms with Gasteiger partial charge in [-0.15, -0.1) is 0 Å². The maximum absolute atomic E-state index is 12.2. The van der Waals surface area contributed by atoms with Crippen molar-refractivity contribution >= 4 is 11.9 Å². The molecule has 116 valence electrons. The van der Waals surface area contributed by atoms with Gasteiger partial charge in [0.2, 0.25) is 0 Å². The Kier molecular flexibility index (Phi) is 6.90. The van der Waals surface area contributed by atoms with Gasteiger partial charge in [-0.2, -0.15) is 0 Å². The Morgan fingerprint density at radius 1 is 1.35 bits per heavy atom. The van der Waals surface area contributed by atoms with Gasteiger partial charge in [-0.1, -0.05) is 6.92 Å². The molecular formula is C13H24N2O5. The number of nitrogens with one attached hydrogen (secondary N) is 2. The summed E-state index contributed by atoms with van der Waals surface area (Å²) < 4.78 is 10.3. The molecule has 1 amide bonds. The van der Waals surface area contributed by atoms with Gasteiger partial charge in [0, 0.05) is 13.0 Å². The molecule has 0 saturated carbocycles. The van der Waals surface area contributed by atoms with E-state index in [0.29, 0.717) is 6.61 Å². The molecule has 1 unspecified atom stereocenters. The largest absolute Gasteiger partial charge is 0.464 e. The molecule has 2 atom stereocenters. The predicted octanol–water partition coefficient (Wildman–Crippen LogP) is 0.492. The third kappa shape index (κ3) is 3.91. The van der Waals surface area contributed by atoms with E-state index in [1.807, 2.05) is 0 Å². The van der Waals surface area contributed by atoms with Gasteiger partial charge >= 0.3 is 5.97 Å². The molecule has 1 fully saturated rings. The van der Waals surface area contributed by atoms with Gasteiger partial charge in [-0.3, -0.25) is 10.1 Å². The van der Waals surface area contributed by atoms with Gasteiger partial charge in [0.15, 0.2) is 11.8 Å². The van der Waals surface area contributed by atoms with Crippen LogP contribution in [0.25, 0.3) is 0 Å². The smallest absolute Gasteiger partial charge is 0.336 e. The maximum Gasteiger partial charge on any atom is 0.336 e. The van der Waals surface area contributed by atoms with Crippen molar-refractivity contribution in [2.24, 2.45) is 0 Å². The highest BCUT2D eigenvalue weighted by atomic mass is 16.8. The Morgan fingerprint density at radius 3 is 2.60 bits per heavy atom. The number of carbonyl (C=O) groups excluding carboxylic acids is 2. The molecule has 0 aromatic rings. The normalized spacial score (nSPS) is 21.9. The number of hydroxylamine groups is 1. The summed E-state index contributed by atoms with van der Waals surface area (Å²) in [4.78, 5) is 29.4. The minimum Gasteiger partial charge on any atom is -0.464 e. The van der Waals surface area contributed by atoms with Crippen LogP contribution in [-0.4, -0.2) is 44.0 Å². The third-order valence-electron chi connectivity index (χ3n) is 3.39. The van der Waals surface area contributed by atoms with Gasteiger partial charge in [0.1, 0.15) is 0 Å². The number of amides is 1. The number of likely N-dealkylation sites (N-methyl/N-ethyl adjacent to an activating group) is 1. The van der Waals surface area contributed by atoms with Crippen LogP contribution in [0.3, 0.4) is 0 Å². The summed E-state index contributed by atoms with van der Waals surface area (Å²) in [5.74, 6) is -1.19. The fourth-order valence-electron chi connectivity index (χ4n) is 2.05. The van der Waals surface area contributed by atoms with Gasteiger partial charge in [0.25, 0.3) is 5.91 Å². The highest BCUT2D eigenvalue weighted by Crippen LogP contribution is 2.15.